The van der Waals surface area contributed by atoms with Gasteiger partial charge in [-0.15, -0.1) is 0 Å². The number of carbonyl (C=O) groups is 1. The van der Waals surface area contributed by atoms with E-state index in [9.17, 15) is 4.79 Å². The number of likely N-dealkylation sites (tertiary alicyclic amines) is 1. The molecule has 2 aliphatic rings. The molecule has 154 valence electrons. The number of hydrogen-bond donors (Lipinski definition) is 0. The summed E-state index contributed by atoms with van der Waals surface area (Å²) >= 11 is 0. The van der Waals surface area contributed by atoms with Gasteiger partial charge in [-0.05, 0) is 73.5 Å². The molecule has 4 nitrogen and oxygen atoms in total. The monoisotopic (exact) mass is 392 g/mol. The molecule has 0 bridgehead atoms. The molecule has 0 aliphatic carbocycles. The summed E-state index contributed by atoms with van der Waals surface area (Å²) in [5.41, 5.74) is 6.25. The Bertz CT molecular complexity index is 875. The fourth-order valence-electron chi connectivity index (χ4n) is 4.70. The molecule has 1 amide bonds. The highest BCUT2D eigenvalue weighted by Crippen LogP contribution is 2.35. The predicted octanol–water partition coefficient (Wildman–Crippen LogP) is 4.29. The van der Waals surface area contributed by atoms with E-state index in [4.69, 9.17) is 4.74 Å². The zero-order valence-corrected chi connectivity index (χ0v) is 17.9. The number of methoxy groups -OCH3 is 1. The van der Waals surface area contributed by atoms with Crippen LogP contribution in [0.3, 0.4) is 0 Å². The average molecular weight is 393 g/mol. The van der Waals surface area contributed by atoms with E-state index in [-0.39, 0.29) is 5.91 Å². The van der Waals surface area contributed by atoms with Crippen LogP contribution in [-0.2, 0) is 24.2 Å². The minimum Gasteiger partial charge on any atom is -0.496 e. The molecule has 29 heavy (non-hydrogen) atoms. The van der Waals surface area contributed by atoms with Crippen LogP contribution in [0.4, 0.5) is 0 Å². The first kappa shape index (κ1) is 20.0. The van der Waals surface area contributed by atoms with Crippen LogP contribution in [0.5, 0.6) is 5.75 Å². The minimum absolute atomic E-state index is 0.137. The third-order valence-corrected chi connectivity index (χ3v) is 6.62. The Hall–Kier alpha value is -2.33. The van der Waals surface area contributed by atoms with Gasteiger partial charge < -0.3 is 14.5 Å². The van der Waals surface area contributed by atoms with Crippen LogP contribution in [0, 0.1) is 0 Å². The number of hydrogen-bond acceptors (Lipinski definition) is 3. The molecule has 2 heterocycles. The molecule has 0 saturated carbocycles. The van der Waals surface area contributed by atoms with Crippen molar-refractivity contribution in [2.45, 2.75) is 52.1 Å². The third-order valence-electron chi connectivity index (χ3n) is 6.62. The highest BCUT2D eigenvalue weighted by Gasteiger charge is 2.21. The quantitative estimate of drug-likeness (QED) is 0.761. The maximum atomic E-state index is 11.7. The van der Waals surface area contributed by atoms with Crippen molar-refractivity contribution in [1.29, 1.82) is 0 Å². The largest absolute Gasteiger partial charge is 0.496 e. The van der Waals surface area contributed by atoms with Crippen molar-refractivity contribution in [3.05, 3.63) is 53.1 Å². The van der Waals surface area contributed by atoms with Gasteiger partial charge in [0, 0.05) is 38.2 Å². The highest BCUT2D eigenvalue weighted by atomic mass is 16.5. The number of ether oxygens (including phenoxy) is 1. The average Bonchev–Trinajstić information content (AvgIpc) is 3.15. The van der Waals surface area contributed by atoms with Gasteiger partial charge in [0.2, 0.25) is 5.91 Å². The van der Waals surface area contributed by atoms with Gasteiger partial charge in [-0.25, -0.2) is 0 Å². The molecule has 0 radical (unpaired) electrons. The fourth-order valence-corrected chi connectivity index (χ4v) is 4.70. The molecule has 2 aromatic carbocycles. The molecule has 0 N–H and O–H groups in total. The smallest absolute Gasteiger partial charge is 0.219 e. The Morgan fingerprint density at radius 1 is 1.14 bits per heavy atom. The number of nitrogens with zero attached hydrogens (tertiary/aromatic N) is 2. The predicted molar refractivity (Wildman–Crippen MR) is 117 cm³/mol. The summed E-state index contributed by atoms with van der Waals surface area (Å²) in [7, 11) is 1.72. The van der Waals surface area contributed by atoms with Gasteiger partial charge >= 0.3 is 0 Å². The van der Waals surface area contributed by atoms with Gasteiger partial charge in [0.25, 0.3) is 0 Å². The number of amides is 1. The van der Waals surface area contributed by atoms with Crippen molar-refractivity contribution in [1.82, 2.24) is 9.80 Å². The van der Waals surface area contributed by atoms with E-state index in [0.717, 1.165) is 43.3 Å². The Labute approximate surface area is 174 Å². The van der Waals surface area contributed by atoms with Gasteiger partial charge in [0.15, 0.2) is 0 Å². The number of fused-ring (bicyclic) bond motifs is 1. The van der Waals surface area contributed by atoms with E-state index in [0.29, 0.717) is 6.54 Å². The van der Waals surface area contributed by atoms with Crippen LogP contribution < -0.4 is 4.74 Å². The van der Waals surface area contributed by atoms with Crippen LogP contribution in [-0.4, -0.2) is 48.5 Å². The van der Waals surface area contributed by atoms with Gasteiger partial charge in [0.1, 0.15) is 5.75 Å². The van der Waals surface area contributed by atoms with E-state index in [1.54, 1.807) is 14.0 Å². The van der Waals surface area contributed by atoms with Gasteiger partial charge in [-0.2, -0.15) is 0 Å². The first-order valence-electron chi connectivity index (χ1n) is 10.8. The lowest BCUT2D eigenvalue weighted by Crippen LogP contribution is -2.34. The zero-order valence-electron chi connectivity index (χ0n) is 17.9. The lowest BCUT2D eigenvalue weighted by atomic mass is 9.93. The Balaban J connectivity index is 1.51. The summed E-state index contributed by atoms with van der Waals surface area (Å²) in [6, 6.07) is 14.1. The zero-order chi connectivity index (χ0) is 20.4. The maximum Gasteiger partial charge on any atom is 0.219 e. The van der Waals surface area contributed by atoms with Crippen LogP contribution in [0.25, 0.3) is 11.1 Å². The van der Waals surface area contributed by atoms with E-state index in [2.05, 4.69) is 48.2 Å². The van der Waals surface area contributed by atoms with Crippen LogP contribution in [0.15, 0.2) is 36.4 Å². The van der Waals surface area contributed by atoms with Crippen molar-refractivity contribution in [3.63, 3.8) is 0 Å². The molecule has 0 spiro atoms. The Morgan fingerprint density at radius 3 is 2.59 bits per heavy atom. The van der Waals surface area contributed by atoms with Crippen LogP contribution in [0.2, 0.25) is 0 Å². The van der Waals surface area contributed by atoms with Crippen LogP contribution >= 0.6 is 0 Å². The minimum atomic E-state index is 0.137. The summed E-state index contributed by atoms with van der Waals surface area (Å²) in [5.74, 6) is 1.02. The highest BCUT2D eigenvalue weighted by molar-refractivity contribution is 5.75. The molecular weight excluding hydrogens is 360 g/mol. The normalized spacial score (nSPS) is 19.3. The van der Waals surface area contributed by atoms with Gasteiger partial charge in [0.05, 0.1) is 7.11 Å². The third kappa shape index (κ3) is 4.32. The molecule has 1 unspecified atom stereocenters. The van der Waals surface area contributed by atoms with E-state index in [1.807, 2.05) is 4.90 Å². The topological polar surface area (TPSA) is 32.8 Å². The van der Waals surface area contributed by atoms with E-state index in [1.165, 1.54) is 41.6 Å². The standard InChI is InChI=1S/C25H32N2O2/c1-18-5-4-12-26(18)13-10-20-6-8-21(9-7-20)24-15-22-11-14-27(19(2)28)17-23(22)16-25(24)29-3/h6-9,15-16,18H,4-5,10-14,17H2,1-3H3. The Morgan fingerprint density at radius 2 is 1.93 bits per heavy atom. The van der Waals surface area contributed by atoms with Crippen molar-refractivity contribution in [2.24, 2.45) is 0 Å². The number of carbonyl (C=O) groups excluding carboxylic acids is 1. The molecule has 2 aliphatic heterocycles. The molecular formula is C25H32N2O2. The molecule has 1 atom stereocenters. The summed E-state index contributed by atoms with van der Waals surface area (Å²) in [4.78, 5) is 16.2. The molecule has 0 aromatic heterocycles. The van der Waals surface area contributed by atoms with Crippen molar-refractivity contribution >= 4 is 5.91 Å². The van der Waals surface area contributed by atoms with E-state index < -0.39 is 0 Å². The lowest BCUT2D eigenvalue weighted by molar-refractivity contribution is -0.129. The van der Waals surface area contributed by atoms with Crippen molar-refractivity contribution < 1.29 is 9.53 Å². The lowest BCUT2D eigenvalue weighted by Gasteiger charge is -2.29. The number of rotatable bonds is 5. The molecule has 1 saturated heterocycles. The second kappa shape index (κ2) is 8.58. The second-order valence-electron chi connectivity index (χ2n) is 8.49. The molecule has 1 fully saturated rings. The first-order valence-corrected chi connectivity index (χ1v) is 10.8. The number of benzene rings is 2. The molecule has 2 aromatic rings. The van der Waals surface area contributed by atoms with Crippen molar-refractivity contribution in [3.8, 4) is 16.9 Å². The van der Waals surface area contributed by atoms with Crippen molar-refractivity contribution in [2.75, 3.05) is 26.7 Å². The first-order chi connectivity index (χ1) is 14.0. The van der Waals surface area contributed by atoms with Gasteiger partial charge in [-0.1, -0.05) is 24.3 Å². The Kier molecular flexibility index (Phi) is 5.91. The summed E-state index contributed by atoms with van der Waals surface area (Å²) in [6.45, 7) is 7.84. The summed E-state index contributed by atoms with van der Waals surface area (Å²) in [5, 5.41) is 0. The molecule has 4 rings (SSSR count). The fraction of sp³-hybridized carbons (Fsp3) is 0.480. The van der Waals surface area contributed by atoms with E-state index >= 15 is 0 Å². The van der Waals surface area contributed by atoms with Crippen LogP contribution in [0.1, 0.15) is 43.4 Å². The van der Waals surface area contributed by atoms with Gasteiger partial charge in [-0.3, -0.25) is 4.79 Å². The maximum absolute atomic E-state index is 11.7. The summed E-state index contributed by atoms with van der Waals surface area (Å²) in [6.07, 6.45) is 4.68. The summed E-state index contributed by atoms with van der Waals surface area (Å²) < 4.78 is 5.71. The SMILES string of the molecule is COc1cc2c(cc1-c1ccc(CCN3CCCC3C)cc1)CCN(C(C)=O)C2. The second-order valence-corrected chi connectivity index (χ2v) is 8.49. The molecule has 4 heteroatoms.